The molecule has 1 N–H and O–H groups in total. The number of amides is 2. The molecule has 16 heavy (non-hydrogen) atoms. The second kappa shape index (κ2) is 5.55. The molecule has 1 heterocycles. The smallest absolute Gasteiger partial charge is 0.317 e. The highest BCUT2D eigenvalue weighted by molar-refractivity contribution is 5.74. The summed E-state index contributed by atoms with van der Waals surface area (Å²) in [7, 11) is 0. The van der Waals surface area contributed by atoms with Gasteiger partial charge in [-0.2, -0.15) is 0 Å². The summed E-state index contributed by atoms with van der Waals surface area (Å²) >= 11 is 0. The lowest BCUT2D eigenvalue weighted by molar-refractivity contribution is 0.163. The maximum atomic E-state index is 12.0. The summed E-state index contributed by atoms with van der Waals surface area (Å²) in [6.45, 7) is 4.13. The molecule has 1 saturated carbocycles. The fourth-order valence-electron chi connectivity index (χ4n) is 2.89. The Labute approximate surface area is 98.6 Å². The Hall–Kier alpha value is -0.730. The van der Waals surface area contributed by atoms with Gasteiger partial charge in [0.05, 0.1) is 0 Å². The van der Waals surface area contributed by atoms with Crippen LogP contribution in [0.1, 0.15) is 51.9 Å². The normalized spacial score (nSPS) is 27.8. The minimum Gasteiger partial charge on any atom is -0.335 e. The molecule has 92 valence electrons. The van der Waals surface area contributed by atoms with Gasteiger partial charge >= 0.3 is 6.03 Å². The fraction of sp³-hybridized carbons (Fsp3) is 0.923. The summed E-state index contributed by atoms with van der Waals surface area (Å²) in [6, 6.07) is 0.622. The van der Waals surface area contributed by atoms with Crippen LogP contribution in [-0.2, 0) is 0 Å². The zero-order chi connectivity index (χ0) is 11.4. The maximum Gasteiger partial charge on any atom is 0.317 e. The molecule has 2 amide bonds. The lowest BCUT2D eigenvalue weighted by Gasteiger charge is -2.33. The molecule has 0 aromatic rings. The van der Waals surface area contributed by atoms with Crippen molar-refractivity contribution in [3.63, 3.8) is 0 Å². The average molecular weight is 224 g/mol. The highest BCUT2D eigenvalue weighted by Crippen LogP contribution is 2.19. The van der Waals surface area contributed by atoms with E-state index in [1.165, 1.54) is 44.9 Å². The van der Waals surface area contributed by atoms with Crippen molar-refractivity contribution in [2.75, 3.05) is 13.1 Å². The van der Waals surface area contributed by atoms with Crippen LogP contribution in [-0.4, -0.2) is 30.1 Å². The molecule has 0 radical (unpaired) electrons. The molecule has 3 heteroatoms. The molecule has 0 spiro atoms. The highest BCUT2D eigenvalue weighted by atomic mass is 16.2. The number of hydrogen-bond donors (Lipinski definition) is 1. The molecular formula is C13H24N2O. The number of likely N-dealkylation sites (tertiary alicyclic amines) is 1. The van der Waals surface area contributed by atoms with Crippen LogP contribution in [0.3, 0.4) is 0 Å². The molecule has 2 rings (SSSR count). The predicted octanol–water partition coefficient (Wildman–Crippen LogP) is 2.76. The lowest BCUT2D eigenvalue weighted by Crippen LogP contribution is -2.48. The number of hydrogen-bond acceptors (Lipinski definition) is 1. The quantitative estimate of drug-likeness (QED) is 0.730. The molecule has 0 aromatic carbocycles. The van der Waals surface area contributed by atoms with Crippen molar-refractivity contribution >= 4 is 6.03 Å². The van der Waals surface area contributed by atoms with Crippen molar-refractivity contribution in [2.24, 2.45) is 5.92 Å². The average Bonchev–Trinajstić information content (AvgIpc) is 2.30. The minimum atomic E-state index is 0.179. The lowest BCUT2D eigenvalue weighted by atomic mass is 9.95. The number of rotatable bonds is 1. The van der Waals surface area contributed by atoms with E-state index in [4.69, 9.17) is 0 Å². The predicted molar refractivity (Wildman–Crippen MR) is 65.4 cm³/mol. The number of nitrogens with zero attached hydrogens (tertiary/aromatic N) is 1. The molecular weight excluding hydrogens is 200 g/mol. The van der Waals surface area contributed by atoms with Gasteiger partial charge in [0.25, 0.3) is 0 Å². The van der Waals surface area contributed by atoms with Gasteiger partial charge in [-0.05, 0) is 31.6 Å². The molecule has 3 nitrogen and oxygen atoms in total. The Morgan fingerprint density at radius 2 is 1.88 bits per heavy atom. The van der Waals surface area contributed by atoms with Crippen LogP contribution in [0, 0.1) is 5.92 Å². The maximum absolute atomic E-state index is 12.0. The second-order valence-corrected chi connectivity index (χ2v) is 5.48. The molecule has 1 aliphatic carbocycles. The summed E-state index contributed by atoms with van der Waals surface area (Å²) in [5.41, 5.74) is 0. The van der Waals surface area contributed by atoms with E-state index in [0.717, 1.165) is 13.1 Å². The van der Waals surface area contributed by atoms with Crippen molar-refractivity contribution in [1.29, 1.82) is 0 Å². The van der Waals surface area contributed by atoms with Crippen LogP contribution < -0.4 is 5.32 Å². The van der Waals surface area contributed by atoms with E-state index in [0.29, 0.717) is 12.0 Å². The summed E-state index contributed by atoms with van der Waals surface area (Å²) in [5.74, 6) is 0.672. The summed E-state index contributed by atoms with van der Waals surface area (Å²) in [6.07, 6.45) is 8.69. The van der Waals surface area contributed by atoms with Crippen LogP contribution in [0.5, 0.6) is 0 Å². The van der Waals surface area contributed by atoms with Gasteiger partial charge in [0.1, 0.15) is 0 Å². The van der Waals surface area contributed by atoms with Gasteiger partial charge in [-0.1, -0.05) is 26.2 Å². The molecule has 1 atom stereocenters. The van der Waals surface area contributed by atoms with E-state index in [9.17, 15) is 4.79 Å². The fourth-order valence-corrected chi connectivity index (χ4v) is 2.89. The van der Waals surface area contributed by atoms with E-state index in [-0.39, 0.29) is 6.03 Å². The Bertz CT molecular complexity index is 236. The van der Waals surface area contributed by atoms with E-state index in [2.05, 4.69) is 12.2 Å². The number of nitrogens with one attached hydrogen (secondary N) is 1. The van der Waals surface area contributed by atoms with Crippen LogP contribution in [0.4, 0.5) is 4.79 Å². The monoisotopic (exact) mass is 224 g/mol. The minimum absolute atomic E-state index is 0.179. The number of carbonyl (C=O) groups excluding carboxylic acids is 1. The van der Waals surface area contributed by atoms with E-state index in [1.807, 2.05) is 4.90 Å². The van der Waals surface area contributed by atoms with Gasteiger partial charge in [0.2, 0.25) is 0 Å². The number of carbonyl (C=O) groups is 1. The van der Waals surface area contributed by atoms with Crippen LogP contribution >= 0.6 is 0 Å². The molecule has 0 unspecified atom stereocenters. The van der Waals surface area contributed by atoms with Crippen molar-refractivity contribution in [1.82, 2.24) is 10.2 Å². The van der Waals surface area contributed by atoms with Gasteiger partial charge in [-0.25, -0.2) is 4.79 Å². The van der Waals surface area contributed by atoms with Gasteiger partial charge in [0, 0.05) is 19.1 Å². The van der Waals surface area contributed by atoms with Crippen LogP contribution in [0.15, 0.2) is 0 Å². The van der Waals surface area contributed by atoms with Crippen molar-refractivity contribution in [3.05, 3.63) is 0 Å². The third-order valence-electron chi connectivity index (χ3n) is 3.88. The van der Waals surface area contributed by atoms with Gasteiger partial charge in [-0.3, -0.25) is 0 Å². The first-order valence-electron chi connectivity index (χ1n) is 6.81. The molecule has 1 saturated heterocycles. The first-order valence-corrected chi connectivity index (χ1v) is 6.81. The SMILES string of the molecule is C[C@H]1CCCN(C(=O)NC2CCCCC2)C1. The Morgan fingerprint density at radius 3 is 2.56 bits per heavy atom. The molecule has 2 aliphatic rings. The molecule has 2 fully saturated rings. The van der Waals surface area contributed by atoms with Crippen LogP contribution in [0.25, 0.3) is 0 Å². The van der Waals surface area contributed by atoms with Crippen molar-refractivity contribution < 1.29 is 4.79 Å². The number of piperidine rings is 1. The Morgan fingerprint density at radius 1 is 1.12 bits per heavy atom. The zero-order valence-electron chi connectivity index (χ0n) is 10.4. The van der Waals surface area contributed by atoms with Gasteiger partial charge < -0.3 is 10.2 Å². The van der Waals surface area contributed by atoms with E-state index < -0.39 is 0 Å². The van der Waals surface area contributed by atoms with E-state index in [1.54, 1.807) is 0 Å². The topological polar surface area (TPSA) is 32.3 Å². The van der Waals surface area contributed by atoms with Crippen molar-refractivity contribution in [3.8, 4) is 0 Å². The highest BCUT2D eigenvalue weighted by Gasteiger charge is 2.23. The van der Waals surface area contributed by atoms with Crippen LogP contribution in [0.2, 0.25) is 0 Å². The zero-order valence-corrected chi connectivity index (χ0v) is 10.4. The Balaban J connectivity index is 1.77. The Kier molecular flexibility index (Phi) is 4.08. The van der Waals surface area contributed by atoms with Gasteiger partial charge in [0.15, 0.2) is 0 Å². The summed E-state index contributed by atoms with van der Waals surface area (Å²) in [4.78, 5) is 14.0. The number of urea groups is 1. The third kappa shape index (κ3) is 3.13. The van der Waals surface area contributed by atoms with Gasteiger partial charge in [-0.15, -0.1) is 0 Å². The van der Waals surface area contributed by atoms with E-state index >= 15 is 0 Å². The molecule has 1 aliphatic heterocycles. The second-order valence-electron chi connectivity index (χ2n) is 5.48. The largest absolute Gasteiger partial charge is 0.335 e. The molecule has 0 aromatic heterocycles. The summed E-state index contributed by atoms with van der Waals surface area (Å²) < 4.78 is 0. The summed E-state index contributed by atoms with van der Waals surface area (Å²) in [5, 5.41) is 3.20. The standard InChI is InChI=1S/C13H24N2O/c1-11-6-5-9-15(10-11)13(16)14-12-7-3-2-4-8-12/h11-12H,2-10H2,1H3,(H,14,16)/t11-/m0/s1. The third-order valence-corrected chi connectivity index (χ3v) is 3.88. The molecule has 0 bridgehead atoms. The first-order chi connectivity index (χ1) is 7.75. The van der Waals surface area contributed by atoms with Crippen molar-refractivity contribution in [2.45, 2.75) is 57.9 Å². The first kappa shape index (κ1) is 11.7.